The van der Waals surface area contributed by atoms with Crippen LogP contribution in [0, 0.1) is 0 Å². The van der Waals surface area contributed by atoms with Crippen molar-refractivity contribution < 1.29 is 14.3 Å². The van der Waals surface area contributed by atoms with Gasteiger partial charge in [-0.1, -0.05) is 29.8 Å². The van der Waals surface area contributed by atoms with E-state index in [1.165, 1.54) is 6.92 Å². The van der Waals surface area contributed by atoms with Crippen LogP contribution in [0.1, 0.15) is 25.8 Å². The van der Waals surface area contributed by atoms with Crippen LogP contribution in [0.25, 0.3) is 0 Å². The number of ketones is 1. The van der Waals surface area contributed by atoms with E-state index >= 15 is 0 Å². The molecule has 0 saturated heterocycles. The fourth-order valence-corrected chi connectivity index (χ4v) is 1.82. The van der Waals surface area contributed by atoms with Gasteiger partial charge in [-0.2, -0.15) is 0 Å². The van der Waals surface area contributed by atoms with Gasteiger partial charge in [0.25, 0.3) is 0 Å². The minimum atomic E-state index is -0.546. The lowest BCUT2D eigenvalue weighted by Crippen LogP contribution is -2.37. The SMILES string of the molecule is CCOC(=O)CC(NCc1ccccc1Cl)C(C)=O. The summed E-state index contributed by atoms with van der Waals surface area (Å²) in [4.78, 5) is 22.9. The third kappa shape index (κ3) is 5.41. The second-order valence-electron chi connectivity index (χ2n) is 4.14. The van der Waals surface area contributed by atoms with E-state index in [2.05, 4.69) is 5.32 Å². The number of Topliss-reactive ketones (excluding diaryl/α,β-unsaturated/α-hetero) is 1. The minimum Gasteiger partial charge on any atom is -0.466 e. The molecule has 0 aromatic heterocycles. The number of esters is 1. The van der Waals surface area contributed by atoms with Crippen molar-refractivity contribution in [3.63, 3.8) is 0 Å². The zero-order chi connectivity index (χ0) is 14.3. The summed E-state index contributed by atoms with van der Waals surface area (Å²) in [7, 11) is 0. The van der Waals surface area contributed by atoms with Crippen LogP contribution in [0.4, 0.5) is 0 Å². The molecule has 0 radical (unpaired) electrons. The number of halogens is 1. The van der Waals surface area contributed by atoms with E-state index in [1.54, 1.807) is 13.0 Å². The van der Waals surface area contributed by atoms with Crippen molar-refractivity contribution >= 4 is 23.4 Å². The topological polar surface area (TPSA) is 55.4 Å². The molecule has 0 aliphatic carbocycles. The van der Waals surface area contributed by atoms with Gasteiger partial charge in [-0.25, -0.2) is 0 Å². The number of hydrogen-bond acceptors (Lipinski definition) is 4. The molecular formula is C14H18ClNO3. The lowest BCUT2D eigenvalue weighted by molar-refractivity contribution is -0.145. The lowest BCUT2D eigenvalue weighted by Gasteiger charge is -2.15. The highest BCUT2D eigenvalue weighted by atomic mass is 35.5. The van der Waals surface area contributed by atoms with Gasteiger partial charge in [0.2, 0.25) is 0 Å². The van der Waals surface area contributed by atoms with E-state index in [-0.39, 0.29) is 18.2 Å². The second-order valence-corrected chi connectivity index (χ2v) is 4.55. The molecule has 0 amide bonds. The molecule has 19 heavy (non-hydrogen) atoms. The lowest BCUT2D eigenvalue weighted by atomic mass is 10.1. The maximum absolute atomic E-state index is 11.5. The molecule has 0 heterocycles. The zero-order valence-corrected chi connectivity index (χ0v) is 11.9. The molecule has 0 fully saturated rings. The molecule has 0 aliphatic heterocycles. The van der Waals surface area contributed by atoms with E-state index < -0.39 is 6.04 Å². The highest BCUT2D eigenvalue weighted by molar-refractivity contribution is 6.31. The van der Waals surface area contributed by atoms with Gasteiger partial charge in [0.15, 0.2) is 0 Å². The van der Waals surface area contributed by atoms with Crippen LogP contribution in [-0.4, -0.2) is 24.4 Å². The molecule has 0 saturated carbocycles. The van der Waals surface area contributed by atoms with Crippen molar-refractivity contribution in [3.05, 3.63) is 34.9 Å². The summed E-state index contributed by atoms with van der Waals surface area (Å²) >= 11 is 6.03. The predicted molar refractivity (Wildman–Crippen MR) is 74.0 cm³/mol. The Balaban J connectivity index is 2.57. The third-order valence-electron chi connectivity index (χ3n) is 2.66. The molecule has 0 aliphatic rings. The fraction of sp³-hybridized carbons (Fsp3) is 0.429. The molecule has 1 N–H and O–H groups in total. The summed E-state index contributed by atoms with van der Waals surface area (Å²) in [5.74, 6) is -0.477. The van der Waals surface area contributed by atoms with E-state index in [0.717, 1.165) is 5.56 Å². The van der Waals surface area contributed by atoms with Gasteiger partial charge in [0, 0.05) is 11.6 Å². The van der Waals surface area contributed by atoms with Crippen LogP contribution in [0.3, 0.4) is 0 Å². The first-order valence-electron chi connectivity index (χ1n) is 6.17. The molecule has 1 rings (SSSR count). The highest BCUT2D eigenvalue weighted by Crippen LogP contribution is 2.14. The number of carbonyl (C=O) groups excluding carboxylic acids is 2. The van der Waals surface area contributed by atoms with Crippen molar-refractivity contribution in [2.45, 2.75) is 32.9 Å². The van der Waals surface area contributed by atoms with Crippen molar-refractivity contribution in [1.82, 2.24) is 5.32 Å². The van der Waals surface area contributed by atoms with Crippen molar-refractivity contribution in [2.75, 3.05) is 6.61 Å². The molecule has 1 atom stereocenters. The van der Waals surface area contributed by atoms with Crippen LogP contribution in [0.15, 0.2) is 24.3 Å². The van der Waals surface area contributed by atoms with Crippen LogP contribution < -0.4 is 5.32 Å². The number of benzene rings is 1. The van der Waals surface area contributed by atoms with E-state index in [1.807, 2.05) is 18.2 Å². The first kappa shape index (κ1) is 15.7. The molecule has 1 aromatic rings. The summed E-state index contributed by atoms with van der Waals surface area (Å²) in [5, 5.41) is 3.66. The van der Waals surface area contributed by atoms with Crippen molar-refractivity contribution in [1.29, 1.82) is 0 Å². The average molecular weight is 284 g/mol. The average Bonchev–Trinajstić information content (AvgIpc) is 2.36. The Bertz CT molecular complexity index is 448. The van der Waals surface area contributed by atoms with Gasteiger partial charge >= 0.3 is 5.97 Å². The molecule has 0 spiro atoms. The maximum atomic E-state index is 11.5. The van der Waals surface area contributed by atoms with E-state index in [9.17, 15) is 9.59 Å². The summed E-state index contributed by atoms with van der Waals surface area (Å²) in [6, 6.07) is 6.82. The summed E-state index contributed by atoms with van der Waals surface area (Å²) in [6.07, 6.45) is 0.0353. The maximum Gasteiger partial charge on any atom is 0.307 e. The van der Waals surface area contributed by atoms with Crippen LogP contribution in [0.5, 0.6) is 0 Å². The summed E-state index contributed by atoms with van der Waals surface area (Å²) in [6.45, 7) is 3.93. The normalized spacial score (nSPS) is 11.9. The number of ether oxygens (including phenoxy) is 1. The third-order valence-corrected chi connectivity index (χ3v) is 3.03. The number of hydrogen-bond donors (Lipinski definition) is 1. The zero-order valence-electron chi connectivity index (χ0n) is 11.1. The summed E-state index contributed by atoms with van der Waals surface area (Å²) in [5.41, 5.74) is 0.888. The summed E-state index contributed by atoms with van der Waals surface area (Å²) < 4.78 is 4.84. The largest absolute Gasteiger partial charge is 0.466 e. The van der Waals surface area contributed by atoms with Crippen LogP contribution >= 0.6 is 11.6 Å². The molecule has 1 aromatic carbocycles. The van der Waals surface area contributed by atoms with E-state index in [0.29, 0.717) is 18.2 Å². The Hall–Kier alpha value is -1.39. The fourth-order valence-electron chi connectivity index (χ4n) is 1.62. The Morgan fingerprint density at radius 1 is 1.37 bits per heavy atom. The van der Waals surface area contributed by atoms with Gasteiger partial charge in [-0.3, -0.25) is 9.59 Å². The van der Waals surface area contributed by atoms with Crippen molar-refractivity contribution in [3.8, 4) is 0 Å². The standard InChI is InChI=1S/C14H18ClNO3/c1-3-19-14(18)8-13(10(2)17)16-9-11-6-4-5-7-12(11)15/h4-7,13,16H,3,8-9H2,1-2H3. The van der Waals surface area contributed by atoms with Crippen LogP contribution in [-0.2, 0) is 20.9 Å². The Kier molecular flexibility index (Phi) is 6.53. The molecule has 0 bridgehead atoms. The Morgan fingerprint density at radius 2 is 2.05 bits per heavy atom. The highest BCUT2D eigenvalue weighted by Gasteiger charge is 2.18. The molecule has 5 heteroatoms. The monoisotopic (exact) mass is 283 g/mol. The second kappa shape index (κ2) is 7.92. The van der Waals surface area contributed by atoms with Gasteiger partial charge in [-0.15, -0.1) is 0 Å². The minimum absolute atomic E-state index is 0.0353. The molecule has 4 nitrogen and oxygen atoms in total. The van der Waals surface area contributed by atoms with Gasteiger partial charge in [-0.05, 0) is 25.5 Å². The molecular weight excluding hydrogens is 266 g/mol. The first-order valence-corrected chi connectivity index (χ1v) is 6.55. The van der Waals surface area contributed by atoms with Crippen molar-refractivity contribution in [2.24, 2.45) is 0 Å². The number of rotatable bonds is 7. The smallest absolute Gasteiger partial charge is 0.307 e. The predicted octanol–water partition coefficient (Wildman–Crippen LogP) is 2.34. The van der Waals surface area contributed by atoms with Gasteiger partial charge in [0.05, 0.1) is 19.1 Å². The van der Waals surface area contributed by atoms with Crippen LogP contribution in [0.2, 0.25) is 5.02 Å². The number of carbonyl (C=O) groups is 2. The Labute approximate surface area is 118 Å². The first-order chi connectivity index (χ1) is 9.04. The van der Waals surface area contributed by atoms with E-state index in [4.69, 9.17) is 16.3 Å². The van der Waals surface area contributed by atoms with Gasteiger partial charge < -0.3 is 10.1 Å². The van der Waals surface area contributed by atoms with Gasteiger partial charge in [0.1, 0.15) is 5.78 Å². The Morgan fingerprint density at radius 3 is 2.63 bits per heavy atom. The molecule has 104 valence electrons. The number of nitrogens with one attached hydrogen (secondary N) is 1. The quantitative estimate of drug-likeness (QED) is 0.781. The molecule has 1 unspecified atom stereocenters.